The minimum absolute atomic E-state index is 0.0188. The third kappa shape index (κ3) is 7.75. The Bertz CT molecular complexity index is 1220. The molecule has 208 valence electrons. The largest absolute Gasteiger partial charge is 0.467 e. The second-order valence-corrected chi connectivity index (χ2v) is 11.1. The van der Waals surface area contributed by atoms with E-state index in [1.54, 1.807) is 17.4 Å². The van der Waals surface area contributed by atoms with Gasteiger partial charge < -0.3 is 19.9 Å². The van der Waals surface area contributed by atoms with Gasteiger partial charge in [0.05, 0.1) is 36.8 Å². The van der Waals surface area contributed by atoms with Crippen molar-refractivity contribution in [3.63, 3.8) is 0 Å². The normalized spacial score (nSPS) is 15.5. The maximum absolute atomic E-state index is 13.2. The van der Waals surface area contributed by atoms with Crippen LogP contribution in [0.25, 0.3) is 11.1 Å². The number of esters is 1. The van der Waals surface area contributed by atoms with Crippen molar-refractivity contribution in [2.75, 3.05) is 13.7 Å². The molecule has 2 unspecified atom stereocenters. The predicted molar refractivity (Wildman–Crippen MR) is 152 cm³/mol. The van der Waals surface area contributed by atoms with Gasteiger partial charge in [-0.15, -0.1) is 11.3 Å². The van der Waals surface area contributed by atoms with Crippen LogP contribution in [0.4, 0.5) is 0 Å². The minimum atomic E-state index is -1.14. The summed E-state index contributed by atoms with van der Waals surface area (Å²) < 4.78 is 11.2. The summed E-state index contributed by atoms with van der Waals surface area (Å²) in [6, 6.07) is 12.3. The molecule has 1 amide bonds. The second kappa shape index (κ2) is 14.4. The number of rotatable bonds is 12. The van der Waals surface area contributed by atoms with Gasteiger partial charge in [0, 0.05) is 11.8 Å². The number of amides is 1. The number of carbonyl (C=O) groups excluding carboxylic acids is 2. The number of aryl methyl sites for hydroxylation is 1. The molecule has 0 saturated heterocycles. The van der Waals surface area contributed by atoms with Crippen molar-refractivity contribution in [1.82, 2.24) is 10.3 Å². The van der Waals surface area contributed by atoms with Gasteiger partial charge in [0.2, 0.25) is 0 Å². The fourth-order valence-corrected chi connectivity index (χ4v) is 5.99. The molecular formula is C31H38N2O5S. The summed E-state index contributed by atoms with van der Waals surface area (Å²) in [6.45, 7) is 1.84. The summed E-state index contributed by atoms with van der Waals surface area (Å²) in [6.07, 6.45) is 10.6. The SMILES string of the molecule is COC(=O)C(CO)NC(=O)c1ccc(COC(CCC2CCCCC2)c2cncs2)cc1-c1ccccc1C. The van der Waals surface area contributed by atoms with Gasteiger partial charge >= 0.3 is 5.97 Å². The molecule has 2 N–H and O–H groups in total. The summed E-state index contributed by atoms with van der Waals surface area (Å²) >= 11 is 1.63. The van der Waals surface area contributed by atoms with Crippen LogP contribution in [0, 0.1) is 12.8 Å². The average Bonchev–Trinajstić information content (AvgIpc) is 3.51. The Hall–Kier alpha value is -3.07. The molecule has 1 heterocycles. The maximum atomic E-state index is 13.2. The average molecular weight is 551 g/mol. The molecule has 0 spiro atoms. The number of nitrogens with zero attached hydrogens (tertiary/aromatic N) is 1. The van der Waals surface area contributed by atoms with Gasteiger partial charge in [-0.1, -0.05) is 62.4 Å². The van der Waals surface area contributed by atoms with Gasteiger partial charge in [0.25, 0.3) is 5.91 Å². The lowest BCUT2D eigenvalue weighted by Gasteiger charge is -2.24. The smallest absolute Gasteiger partial charge is 0.330 e. The monoisotopic (exact) mass is 550 g/mol. The van der Waals surface area contributed by atoms with E-state index in [1.165, 1.54) is 39.2 Å². The molecule has 1 saturated carbocycles. The summed E-state index contributed by atoms with van der Waals surface area (Å²) in [7, 11) is 1.22. The molecule has 0 aliphatic heterocycles. The summed E-state index contributed by atoms with van der Waals surface area (Å²) in [5, 5.41) is 12.2. The number of hydrogen-bond acceptors (Lipinski definition) is 7. The second-order valence-electron chi connectivity index (χ2n) is 10.2. The number of methoxy groups -OCH3 is 1. The van der Waals surface area contributed by atoms with Gasteiger partial charge in [-0.3, -0.25) is 9.78 Å². The van der Waals surface area contributed by atoms with E-state index in [1.807, 2.05) is 55.0 Å². The number of benzene rings is 2. The summed E-state index contributed by atoms with van der Waals surface area (Å²) in [4.78, 5) is 30.6. The molecule has 4 rings (SSSR count). The zero-order valence-corrected chi connectivity index (χ0v) is 23.5. The van der Waals surface area contributed by atoms with Crippen LogP contribution < -0.4 is 5.32 Å². The first kappa shape index (κ1) is 28.9. The van der Waals surface area contributed by atoms with E-state index < -0.39 is 24.5 Å². The van der Waals surface area contributed by atoms with Crippen molar-refractivity contribution in [3.8, 4) is 11.1 Å². The molecule has 1 aromatic heterocycles. The lowest BCUT2D eigenvalue weighted by atomic mass is 9.85. The van der Waals surface area contributed by atoms with Gasteiger partial charge in [0.1, 0.15) is 0 Å². The molecule has 0 radical (unpaired) electrons. The molecule has 2 aromatic carbocycles. The number of hydrogen-bond donors (Lipinski definition) is 2. The van der Waals surface area contributed by atoms with E-state index in [-0.39, 0.29) is 6.10 Å². The standard InChI is InChI=1S/C31H38N2O5S/c1-21-8-6-7-11-24(21)26-16-23(12-14-25(26)30(35)33-27(18-34)31(36)37-2)19-38-28(29-17-32-20-39-29)15-13-22-9-4-3-5-10-22/h6-8,11-12,14,16-17,20,22,27-28,34H,3-5,9-10,13,15,18-19H2,1-2H3,(H,33,35). The number of ether oxygens (including phenoxy) is 2. The van der Waals surface area contributed by atoms with Crippen LogP contribution in [-0.4, -0.2) is 41.7 Å². The Labute approximate surface area is 234 Å². The van der Waals surface area contributed by atoms with E-state index in [0.717, 1.165) is 45.9 Å². The maximum Gasteiger partial charge on any atom is 0.330 e. The first-order valence-corrected chi connectivity index (χ1v) is 14.6. The number of carbonyl (C=O) groups is 2. The van der Waals surface area contributed by atoms with Crippen molar-refractivity contribution >= 4 is 23.2 Å². The van der Waals surface area contributed by atoms with Crippen LogP contribution in [0.1, 0.15) is 77.4 Å². The van der Waals surface area contributed by atoms with Crippen molar-refractivity contribution in [2.24, 2.45) is 5.92 Å². The fraction of sp³-hybridized carbons (Fsp3) is 0.452. The van der Waals surface area contributed by atoms with Crippen LogP contribution in [0.3, 0.4) is 0 Å². The third-order valence-corrected chi connectivity index (χ3v) is 8.39. The Balaban J connectivity index is 1.55. The molecular weight excluding hydrogens is 512 g/mol. The highest BCUT2D eigenvalue weighted by atomic mass is 32.1. The fourth-order valence-electron chi connectivity index (χ4n) is 5.29. The summed E-state index contributed by atoms with van der Waals surface area (Å²) in [5.41, 5.74) is 5.88. The van der Waals surface area contributed by atoms with Crippen LogP contribution in [-0.2, 0) is 20.9 Å². The highest BCUT2D eigenvalue weighted by molar-refractivity contribution is 7.09. The van der Waals surface area contributed by atoms with Crippen LogP contribution >= 0.6 is 11.3 Å². The molecule has 39 heavy (non-hydrogen) atoms. The molecule has 2 atom stereocenters. The van der Waals surface area contributed by atoms with E-state index in [0.29, 0.717) is 12.2 Å². The molecule has 3 aromatic rings. The van der Waals surface area contributed by atoms with E-state index in [4.69, 9.17) is 9.47 Å². The van der Waals surface area contributed by atoms with Crippen molar-refractivity contribution in [2.45, 2.75) is 70.6 Å². The molecule has 8 heteroatoms. The first-order valence-electron chi connectivity index (χ1n) is 13.7. The number of aliphatic hydroxyl groups excluding tert-OH is 1. The lowest BCUT2D eigenvalue weighted by molar-refractivity contribution is -0.143. The quantitative estimate of drug-likeness (QED) is 0.269. The van der Waals surface area contributed by atoms with E-state index >= 15 is 0 Å². The van der Waals surface area contributed by atoms with Gasteiger partial charge in [-0.25, -0.2) is 4.79 Å². The number of aliphatic hydroxyl groups is 1. The van der Waals surface area contributed by atoms with Gasteiger partial charge in [0.15, 0.2) is 6.04 Å². The summed E-state index contributed by atoms with van der Waals surface area (Å²) in [5.74, 6) is -0.383. The molecule has 1 aliphatic carbocycles. The molecule has 1 aliphatic rings. The Morgan fingerprint density at radius 3 is 2.62 bits per heavy atom. The molecule has 0 bridgehead atoms. The van der Waals surface area contributed by atoms with Crippen molar-refractivity contribution < 1.29 is 24.2 Å². The zero-order chi connectivity index (χ0) is 27.6. The number of thiazole rings is 1. The van der Waals surface area contributed by atoms with Crippen LogP contribution in [0.5, 0.6) is 0 Å². The molecule has 7 nitrogen and oxygen atoms in total. The highest BCUT2D eigenvalue weighted by Gasteiger charge is 2.24. The minimum Gasteiger partial charge on any atom is -0.467 e. The Morgan fingerprint density at radius 1 is 1.13 bits per heavy atom. The highest BCUT2D eigenvalue weighted by Crippen LogP contribution is 2.34. The first-order chi connectivity index (χ1) is 19.0. The van der Waals surface area contributed by atoms with E-state index in [2.05, 4.69) is 10.3 Å². The Kier molecular flexibility index (Phi) is 10.6. The lowest BCUT2D eigenvalue weighted by Crippen LogP contribution is -2.44. The topological polar surface area (TPSA) is 97.8 Å². The Morgan fingerprint density at radius 2 is 1.92 bits per heavy atom. The molecule has 1 fully saturated rings. The number of nitrogens with one attached hydrogen (secondary N) is 1. The van der Waals surface area contributed by atoms with Crippen molar-refractivity contribution in [3.05, 3.63) is 75.7 Å². The zero-order valence-electron chi connectivity index (χ0n) is 22.7. The number of aromatic nitrogens is 1. The predicted octanol–water partition coefficient (Wildman–Crippen LogP) is 6.00. The van der Waals surface area contributed by atoms with Gasteiger partial charge in [-0.05, 0) is 60.1 Å². The van der Waals surface area contributed by atoms with Crippen LogP contribution in [0.15, 0.2) is 54.2 Å². The van der Waals surface area contributed by atoms with Crippen LogP contribution in [0.2, 0.25) is 0 Å². The van der Waals surface area contributed by atoms with Crippen molar-refractivity contribution in [1.29, 1.82) is 0 Å². The third-order valence-electron chi connectivity index (χ3n) is 7.52. The van der Waals surface area contributed by atoms with E-state index in [9.17, 15) is 14.7 Å². The van der Waals surface area contributed by atoms with Gasteiger partial charge in [-0.2, -0.15) is 0 Å².